The second kappa shape index (κ2) is 7.10. The van der Waals surface area contributed by atoms with E-state index < -0.39 is 17.8 Å². The van der Waals surface area contributed by atoms with E-state index in [1.54, 1.807) is 6.07 Å². The Hall–Kier alpha value is -1.61. The van der Waals surface area contributed by atoms with Crippen molar-refractivity contribution in [2.45, 2.75) is 17.3 Å². The highest BCUT2D eigenvalue weighted by molar-refractivity contribution is 8.19. The third kappa shape index (κ3) is 4.27. The summed E-state index contributed by atoms with van der Waals surface area (Å²) < 4.78 is 38.8. The monoisotopic (exact) mass is 373 g/mol. The number of aromatic nitrogens is 2. The largest absolute Gasteiger partial charge is 0.435 e. The molecule has 1 aromatic heterocycles. The van der Waals surface area contributed by atoms with Crippen LogP contribution in [0.3, 0.4) is 0 Å². The summed E-state index contributed by atoms with van der Waals surface area (Å²) in [7, 11) is 0. The fraction of sp³-hybridized carbons (Fsp3) is 0.333. The molecule has 1 fully saturated rings. The van der Waals surface area contributed by atoms with Gasteiger partial charge in [0.1, 0.15) is 6.54 Å². The summed E-state index contributed by atoms with van der Waals surface area (Å²) in [6.45, 7) is -0.271. The number of amides is 1. The number of carbonyl (C=O) groups excluding carboxylic acids is 1. The molecule has 1 amide bonds. The number of rotatable bonds is 4. The van der Waals surface area contributed by atoms with Crippen molar-refractivity contribution in [3.05, 3.63) is 47.8 Å². The molecule has 0 saturated carbocycles. The molecule has 0 spiro atoms. The van der Waals surface area contributed by atoms with Crippen LogP contribution in [0, 0.1) is 0 Å². The van der Waals surface area contributed by atoms with E-state index in [0.717, 1.165) is 34.0 Å². The average molecular weight is 373 g/mol. The third-order valence-corrected chi connectivity index (χ3v) is 6.41. The van der Waals surface area contributed by atoms with Crippen molar-refractivity contribution >= 4 is 35.1 Å². The van der Waals surface area contributed by atoms with Gasteiger partial charge in [-0.15, -0.1) is 23.5 Å². The SMILES string of the molecule is O=C(Cn1ccc(C(F)(F)F)n1)Nc1cccc(C2SCCS2)c1. The molecule has 0 atom stereocenters. The van der Waals surface area contributed by atoms with Crippen LogP contribution in [0.1, 0.15) is 15.8 Å². The quantitative estimate of drug-likeness (QED) is 0.879. The van der Waals surface area contributed by atoms with E-state index >= 15 is 0 Å². The Morgan fingerprint density at radius 3 is 2.71 bits per heavy atom. The van der Waals surface area contributed by atoms with Crippen molar-refractivity contribution in [2.24, 2.45) is 0 Å². The van der Waals surface area contributed by atoms with E-state index in [1.165, 1.54) is 0 Å². The lowest BCUT2D eigenvalue weighted by atomic mass is 10.2. The molecule has 1 aromatic carbocycles. The van der Waals surface area contributed by atoms with Gasteiger partial charge in [-0.2, -0.15) is 18.3 Å². The summed E-state index contributed by atoms with van der Waals surface area (Å²) in [5, 5.41) is 6.07. The second-order valence-corrected chi connectivity index (χ2v) is 7.87. The maximum absolute atomic E-state index is 12.5. The van der Waals surface area contributed by atoms with Gasteiger partial charge < -0.3 is 5.32 Å². The number of carbonyl (C=O) groups is 1. The highest BCUT2D eigenvalue weighted by Gasteiger charge is 2.33. The molecule has 1 aliphatic heterocycles. The molecule has 2 heterocycles. The van der Waals surface area contributed by atoms with Crippen LogP contribution in [0.2, 0.25) is 0 Å². The minimum atomic E-state index is -4.51. The standard InChI is InChI=1S/C15H14F3N3OS2/c16-15(17,18)12-4-5-21(20-12)9-13(22)19-11-3-1-2-10(8-11)14-23-6-7-24-14/h1-5,8,14H,6-7,9H2,(H,19,22). The Labute approximate surface area is 145 Å². The molecule has 128 valence electrons. The summed E-state index contributed by atoms with van der Waals surface area (Å²) in [5.41, 5.74) is 0.750. The predicted molar refractivity (Wildman–Crippen MR) is 90.0 cm³/mol. The van der Waals surface area contributed by atoms with Crippen LogP contribution in [-0.4, -0.2) is 27.2 Å². The molecule has 9 heteroatoms. The first-order valence-corrected chi connectivity index (χ1v) is 9.25. The van der Waals surface area contributed by atoms with Gasteiger partial charge in [0.2, 0.25) is 5.91 Å². The van der Waals surface area contributed by atoms with Crippen LogP contribution in [0.25, 0.3) is 0 Å². The number of halogens is 3. The van der Waals surface area contributed by atoms with Gasteiger partial charge in [0.15, 0.2) is 5.69 Å². The maximum atomic E-state index is 12.5. The molecule has 2 aromatic rings. The molecule has 1 saturated heterocycles. The summed E-state index contributed by atoms with van der Waals surface area (Å²) in [6.07, 6.45) is -3.36. The topological polar surface area (TPSA) is 46.9 Å². The first-order chi connectivity index (χ1) is 11.4. The zero-order valence-electron chi connectivity index (χ0n) is 12.4. The number of hydrogen-bond acceptors (Lipinski definition) is 4. The van der Waals surface area contributed by atoms with Crippen LogP contribution in [0.5, 0.6) is 0 Å². The number of anilines is 1. The van der Waals surface area contributed by atoms with Crippen LogP contribution in [0.4, 0.5) is 18.9 Å². The van der Waals surface area contributed by atoms with Crippen molar-refractivity contribution in [1.82, 2.24) is 9.78 Å². The number of hydrogen-bond donors (Lipinski definition) is 1. The molecule has 0 aliphatic carbocycles. The molecule has 0 radical (unpaired) electrons. The number of alkyl halides is 3. The normalized spacial score (nSPS) is 15.6. The summed E-state index contributed by atoms with van der Waals surface area (Å²) in [6, 6.07) is 8.38. The minimum absolute atomic E-state index is 0.271. The molecule has 1 aliphatic rings. The zero-order chi connectivity index (χ0) is 17.2. The molecule has 3 rings (SSSR count). The minimum Gasteiger partial charge on any atom is -0.324 e. The van der Waals surface area contributed by atoms with Gasteiger partial charge in [0.25, 0.3) is 0 Å². The van der Waals surface area contributed by atoms with Crippen molar-refractivity contribution < 1.29 is 18.0 Å². The Morgan fingerprint density at radius 2 is 2.04 bits per heavy atom. The van der Waals surface area contributed by atoms with E-state index in [1.807, 2.05) is 41.7 Å². The molecule has 0 bridgehead atoms. The Bertz CT molecular complexity index is 727. The summed E-state index contributed by atoms with van der Waals surface area (Å²) in [5.74, 6) is 1.79. The van der Waals surface area contributed by atoms with E-state index in [4.69, 9.17) is 0 Å². The zero-order valence-corrected chi connectivity index (χ0v) is 14.0. The van der Waals surface area contributed by atoms with E-state index in [2.05, 4.69) is 10.4 Å². The van der Waals surface area contributed by atoms with Gasteiger partial charge >= 0.3 is 6.18 Å². The van der Waals surface area contributed by atoms with Crippen LogP contribution in [0.15, 0.2) is 36.5 Å². The fourth-order valence-electron chi connectivity index (χ4n) is 2.26. The van der Waals surface area contributed by atoms with Gasteiger partial charge in [-0.3, -0.25) is 9.48 Å². The van der Waals surface area contributed by atoms with Gasteiger partial charge in [0.05, 0.1) is 4.58 Å². The average Bonchev–Trinajstić information content (AvgIpc) is 3.18. The smallest absolute Gasteiger partial charge is 0.324 e. The number of nitrogens with one attached hydrogen (secondary N) is 1. The highest BCUT2D eigenvalue weighted by Crippen LogP contribution is 2.45. The van der Waals surface area contributed by atoms with Gasteiger partial charge in [-0.25, -0.2) is 0 Å². The molecule has 24 heavy (non-hydrogen) atoms. The van der Waals surface area contributed by atoms with Gasteiger partial charge in [-0.05, 0) is 23.8 Å². The predicted octanol–water partition coefficient (Wildman–Crippen LogP) is 4.02. The molecule has 4 nitrogen and oxygen atoms in total. The van der Waals surface area contributed by atoms with Crippen molar-refractivity contribution in [1.29, 1.82) is 0 Å². The van der Waals surface area contributed by atoms with Crippen molar-refractivity contribution in [2.75, 3.05) is 16.8 Å². The lowest BCUT2D eigenvalue weighted by Crippen LogP contribution is -2.19. The van der Waals surface area contributed by atoms with E-state index in [0.29, 0.717) is 10.3 Å². The number of thioether (sulfide) groups is 2. The first kappa shape index (κ1) is 17.2. The van der Waals surface area contributed by atoms with Crippen molar-refractivity contribution in [3.8, 4) is 0 Å². The van der Waals surface area contributed by atoms with Crippen LogP contribution < -0.4 is 5.32 Å². The van der Waals surface area contributed by atoms with E-state index in [-0.39, 0.29) is 6.54 Å². The highest BCUT2D eigenvalue weighted by atomic mass is 32.2. The fourth-order valence-corrected chi connectivity index (χ4v) is 5.10. The molecule has 0 unspecified atom stereocenters. The lowest BCUT2D eigenvalue weighted by Gasteiger charge is -2.11. The summed E-state index contributed by atoms with van der Waals surface area (Å²) >= 11 is 3.72. The maximum Gasteiger partial charge on any atom is 0.435 e. The molecule has 1 N–H and O–H groups in total. The number of benzene rings is 1. The van der Waals surface area contributed by atoms with E-state index in [9.17, 15) is 18.0 Å². The summed E-state index contributed by atoms with van der Waals surface area (Å²) in [4.78, 5) is 12.0. The lowest BCUT2D eigenvalue weighted by molar-refractivity contribution is -0.141. The Balaban J connectivity index is 1.62. The van der Waals surface area contributed by atoms with Gasteiger partial charge in [-0.1, -0.05) is 12.1 Å². The third-order valence-electron chi connectivity index (χ3n) is 3.30. The first-order valence-electron chi connectivity index (χ1n) is 7.15. The van der Waals surface area contributed by atoms with Crippen LogP contribution in [-0.2, 0) is 17.5 Å². The van der Waals surface area contributed by atoms with Crippen molar-refractivity contribution in [3.63, 3.8) is 0 Å². The Morgan fingerprint density at radius 1 is 1.29 bits per heavy atom. The second-order valence-electron chi connectivity index (χ2n) is 5.14. The molecular formula is C15H14F3N3OS2. The Kier molecular flexibility index (Phi) is 5.09. The van der Waals surface area contributed by atoms with Crippen LogP contribution >= 0.6 is 23.5 Å². The molecular weight excluding hydrogens is 359 g/mol. The number of nitrogens with zero attached hydrogens (tertiary/aromatic N) is 2. The van der Waals surface area contributed by atoms with Gasteiger partial charge in [0, 0.05) is 23.4 Å².